The van der Waals surface area contributed by atoms with E-state index in [2.05, 4.69) is 5.32 Å². The minimum atomic E-state index is -1.83. The van der Waals surface area contributed by atoms with Gasteiger partial charge in [0.25, 0.3) is 0 Å². The SMILES string of the molecule is CC(=O)O[C@@H]1[C@H]2O[C@H]2[C@@](C)(O)C(=O)[C@@H](C)C/C=C/[C@@H]2C(=O)[C@H](C)[C@@H](C)[C@@H]3[C@H](Cc4ccccc4)NC(=O)[C@@]321. The number of hydrogen-bond acceptors (Lipinski definition) is 7. The van der Waals surface area contributed by atoms with Crippen molar-refractivity contribution in [2.24, 2.45) is 35.0 Å². The van der Waals surface area contributed by atoms with E-state index in [9.17, 15) is 24.3 Å². The zero-order valence-corrected chi connectivity index (χ0v) is 22.5. The van der Waals surface area contributed by atoms with Crippen molar-refractivity contribution < 1.29 is 33.8 Å². The number of nitrogens with one attached hydrogen (secondary N) is 1. The molecule has 2 N–H and O–H groups in total. The van der Waals surface area contributed by atoms with Crippen LogP contribution in [0.25, 0.3) is 0 Å². The second kappa shape index (κ2) is 9.42. The van der Waals surface area contributed by atoms with Crippen LogP contribution < -0.4 is 5.32 Å². The minimum Gasteiger partial charge on any atom is -0.458 e. The van der Waals surface area contributed by atoms with Gasteiger partial charge in [-0.1, -0.05) is 63.3 Å². The molecular formula is C30H37NO7. The van der Waals surface area contributed by atoms with Crippen LogP contribution in [0.2, 0.25) is 0 Å². The minimum absolute atomic E-state index is 0.0974. The third kappa shape index (κ3) is 3.95. The number of benzene rings is 1. The van der Waals surface area contributed by atoms with Gasteiger partial charge in [-0.25, -0.2) is 0 Å². The highest BCUT2D eigenvalue weighted by Crippen LogP contribution is 2.60. The molecule has 1 spiro atoms. The Morgan fingerprint density at radius 3 is 2.50 bits per heavy atom. The number of carbonyl (C=O) groups excluding carboxylic acids is 4. The number of Topliss-reactive ketones (excluding diaryl/α,β-unsaturated/α-hetero) is 2. The number of allylic oxidation sites excluding steroid dienone is 2. The van der Waals surface area contributed by atoms with Crippen molar-refractivity contribution in [3.63, 3.8) is 0 Å². The fraction of sp³-hybridized carbons (Fsp3) is 0.600. The standard InChI is InChI=1S/C30H37NO7/c1-15-10-9-13-20-23(33)17(3)16(2)22-21(14-19-11-7-6-8-12-19)31-28(35)30(20,22)27(37-18(4)32)24-26(38-24)29(5,36)25(15)34/h6-9,11-13,15-17,20-22,24,26-27,36H,10,14H2,1-5H3,(H,31,35)/b13-9+/t15-,16+,17+,20+,21-,22+,24-,26+,27+,29-,30+/m0/s1. The van der Waals surface area contributed by atoms with E-state index in [4.69, 9.17) is 9.47 Å². The van der Waals surface area contributed by atoms with E-state index in [0.717, 1.165) is 5.56 Å². The molecule has 0 radical (unpaired) electrons. The van der Waals surface area contributed by atoms with Crippen molar-refractivity contribution in [1.29, 1.82) is 0 Å². The summed E-state index contributed by atoms with van der Waals surface area (Å²) in [5, 5.41) is 14.5. The molecule has 1 amide bonds. The molecule has 2 saturated heterocycles. The van der Waals surface area contributed by atoms with Gasteiger partial charge in [0, 0.05) is 30.7 Å². The van der Waals surface area contributed by atoms with Crippen molar-refractivity contribution in [1.82, 2.24) is 5.32 Å². The summed E-state index contributed by atoms with van der Waals surface area (Å²) in [4.78, 5) is 53.9. The van der Waals surface area contributed by atoms with Crippen LogP contribution in [0.3, 0.4) is 0 Å². The summed E-state index contributed by atoms with van der Waals surface area (Å²) in [6, 6.07) is 9.52. The fourth-order valence-electron chi connectivity index (χ4n) is 7.49. The van der Waals surface area contributed by atoms with Crippen molar-refractivity contribution >= 4 is 23.4 Å². The van der Waals surface area contributed by atoms with Gasteiger partial charge in [0.1, 0.15) is 35.1 Å². The lowest BCUT2D eigenvalue weighted by Crippen LogP contribution is -2.63. The molecule has 11 atom stereocenters. The summed E-state index contributed by atoms with van der Waals surface area (Å²) in [7, 11) is 0. The normalized spacial score (nSPS) is 45.1. The van der Waals surface area contributed by atoms with E-state index >= 15 is 0 Å². The zero-order chi connectivity index (χ0) is 27.6. The van der Waals surface area contributed by atoms with Gasteiger partial charge in [-0.2, -0.15) is 0 Å². The first-order valence-electron chi connectivity index (χ1n) is 13.6. The second-order valence-corrected chi connectivity index (χ2v) is 11.9. The van der Waals surface area contributed by atoms with Gasteiger partial charge in [0.2, 0.25) is 5.91 Å². The van der Waals surface area contributed by atoms with Crippen LogP contribution in [0, 0.1) is 35.0 Å². The number of ether oxygens (including phenoxy) is 2. The molecule has 0 unspecified atom stereocenters. The molecule has 0 bridgehead atoms. The van der Waals surface area contributed by atoms with Crippen LogP contribution in [0.4, 0.5) is 0 Å². The number of aliphatic hydroxyl groups is 1. The van der Waals surface area contributed by atoms with Gasteiger partial charge in [-0.05, 0) is 31.2 Å². The molecule has 8 heteroatoms. The molecule has 8 nitrogen and oxygen atoms in total. The summed E-state index contributed by atoms with van der Waals surface area (Å²) in [6.45, 7) is 8.28. The van der Waals surface area contributed by atoms with Gasteiger partial charge < -0.3 is 19.9 Å². The molecule has 2 aliphatic heterocycles. The monoisotopic (exact) mass is 523 g/mol. The Bertz CT molecular complexity index is 1180. The molecule has 0 aromatic heterocycles. The summed E-state index contributed by atoms with van der Waals surface area (Å²) in [6.07, 6.45) is 1.34. The average molecular weight is 524 g/mol. The average Bonchev–Trinajstić information content (AvgIpc) is 3.62. The van der Waals surface area contributed by atoms with Crippen molar-refractivity contribution in [2.75, 3.05) is 0 Å². The predicted molar refractivity (Wildman–Crippen MR) is 138 cm³/mol. The summed E-state index contributed by atoms with van der Waals surface area (Å²) >= 11 is 0. The smallest absolute Gasteiger partial charge is 0.303 e. The van der Waals surface area contributed by atoms with E-state index in [1.165, 1.54) is 13.8 Å². The number of rotatable bonds is 3. The molecule has 4 aliphatic rings. The van der Waals surface area contributed by atoms with E-state index < -0.39 is 47.1 Å². The van der Waals surface area contributed by atoms with Crippen LogP contribution in [0.5, 0.6) is 0 Å². The number of hydrogen-bond donors (Lipinski definition) is 2. The molecule has 38 heavy (non-hydrogen) atoms. The Hall–Kier alpha value is -2.84. The lowest BCUT2D eigenvalue weighted by Gasteiger charge is -2.51. The quantitative estimate of drug-likeness (QED) is 0.354. The number of epoxide rings is 1. The molecule has 3 fully saturated rings. The maximum absolute atomic E-state index is 14.3. The maximum atomic E-state index is 14.3. The van der Waals surface area contributed by atoms with E-state index in [0.29, 0.717) is 12.8 Å². The Morgan fingerprint density at radius 2 is 1.84 bits per heavy atom. The third-order valence-electron chi connectivity index (χ3n) is 9.52. The Labute approximate surface area is 223 Å². The van der Waals surface area contributed by atoms with Crippen LogP contribution in [-0.2, 0) is 35.1 Å². The van der Waals surface area contributed by atoms with Crippen LogP contribution >= 0.6 is 0 Å². The predicted octanol–water partition coefficient (Wildman–Crippen LogP) is 2.42. The number of carbonyl (C=O) groups is 4. The summed E-state index contributed by atoms with van der Waals surface area (Å²) in [5.74, 6) is -3.78. The molecule has 5 rings (SSSR count). The molecule has 1 aromatic carbocycles. The number of fused-ring (bicyclic) bond motifs is 1. The third-order valence-corrected chi connectivity index (χ3v) is 9.52. The molecule has 1 saturated carbocycles. The number of ketones is 2. The first kappa shape index (κ1) is 26.8. The van der Waals surface area contributed by atoms with E-state index in [-0.39, 0.29) is 41.3 Å². The molecule has 1 aromatic rings. The van der Waals surface area contributed by atoms with Gasteiger partial charge in [0.15, 0.2) is 5.78 Å². The Kier molecular flexibility index (Phi) is 6.63. The first-order chi connectivity index (χ1) is 17.9. The van der Waals surface area contributed by atoms with Crippen molar-refractivity contribution in [3.05, 3.63) is 48.0 Å². The fourth-order valence-corrected chi connectivity index (χ4v) is 7.49. The van der Waals surface area contributed by atoms with Crippen LogP contribution in [0.15, 0.2) is 42.5 Å². The Morgan fingerprint density at radius 1 is 1.16 bits per heavy atom. The lowest BCUT2D eigenvalue weighted by molar-refractivity contribution is -0.178. The van der Waals surface area contributed by atoms with Gasteiger partial charge in [-0.3, -0.25) is 19.2 Å². The lowest BCUT2D eigenvalue weighted by atomic mass is 9.50. The van der Waals surface area contributed by atoms with Gasteiger partial charge in [-0.15, -0.1) is 0 Å². The number of amides is 1. The Balaban J connectivity index is 1.70. The van der Waals surface area contributed by atoms with Crippen LogP contribution in [-0.4, -0.2) is 58.5 Å². The molecule has 2 heterocycles. The van der Waals surface area contributed by atoms with E-state index in [1.54, 1.807) is 19.1 Å². The summed E-state index contributed by atoms with van der Waals surface area (Å²) in [5.41, 5.74) is -2.24. The van der Waals surface area contributed by atoms with Crippen molar-refractivity contribution in [2.45, 2.75) is 77.4 Å². The maximum Gasteiger partial charge on any atom is 0.303 e. The first-order valence-corrected chi connectivity index (χ1v) is 13.6. The van der Waals surface area contributed by atoms with Crippen molar-refractivity contribution in [3.8, 4) is 0 Å². The molecule has 204 valence electrons. The van der Waals surface area contributed by atoms with Gasteiger partial charge >= 0.3 is 5.97 Å². The highest BCUT2D eigenvalue weighted by molar-refractivity contribution is 5.98. The molecule has 2 aliphatic carbocycles. The van der Waals surface area contributed by atoms with Crippen LogP contribution in [0.1, 0.15) is 46.6 Å². The largest absolute Gasteiger partial charge is 0.458 e. The highest BCUT2D eigenvalue weighted by Gasteiger charge is 2.75. The summed E-state index contributed by atoms with van der Waals surface area (Å²) < 4.78 is 11.8. The van der Waals surface area contributed by atoms with Gasteiger partial charge in [0.05, 0.1) is 5.92 Å². The topological polar surface area (TPSA) is 122 Å². The van der Waals surface area contributed by atoms with E-state index in [1.807, 2.05) is 44.2 Å². The second-order valence-electron chi connectivity index (χ2n) is 11.9. The molecular weight excluding hydrogens is 486 g/mol. The number of esters is 1. The zero-order valence-electron chi connectivity index (χ0n) is 22.5. The highest BCUT2D eigenvalue weighted by atomic mass is 16.6.